The van der Waals surface area contributed by atoms with Gasteiger partial charge in [-0.15, -0.1) is 11.3 Å². The molecule has 3 heterocycles. The molecule has 3 aromatic heterocycles. The number of hydrogen-bond donors (Lipinski definition) is 2. The predicted octanol–water partition coefficient (Wildman–Crippen LogP) is 1.56. The number of H-pyrrole nitrogens is 1. The van der Waals surface area contributed by atoms with Gasteiger partial charge in [0, 0.05) is 23.2 Å². The van der Waals surface area contributed by atoms with E-state index in [9.17, 15) is 9.59 Å². The topological polar surface area (TPSA) is 92.2 Å². The predicted molar refractivity (Wildman–Crippen MR) is 86.6 cm³/mol. The van der Waals surface area contributed by atoms with Crippen molar-refractivity contribution in [1.29, 1.82) is 0 Å². The molecule has 0 aliphatic rings. The number of imidazole rings is 1. The van der Waals surface area contributed by atoms with Crippen molar-refractivity contribution < 1.29 is 4.79 Å². The van der Waals surface area contributed by atoms with Crippen LogP contribution in [-0.4, -0.2) is 25.5 Å². The first-order chi connectivity index (χ1) is 11.2. The molecule has 0 aliphatic carbocycles. The van der Waals surface area contributed by atoms with Gasteiger partial charge in [-0.1, -0.05) is 18.2 Å². The molecule has 1 amide bonds. The molecule has 4 aromatic rings. The summed E-state index contributed by atoms with van der Waals surface area (Å²) in [6.07, 6.45) is 3.78. The molecule has 0 bridgehead atoms. The van der Waals surface area contributed by atoms with Crippen molar-refractivity contribution >= 4 is 33.0 Å². The van der Waals surface area contributed by atoms with Crippen LogP contribution in [0.5, 0.6) is 0 Å². The minimum absolute atomic E-state index is 0.196. The molecule has 0 spiro atoms. The number of nitrogens with one attached hydrogen (secondary N) is 2. The van der Waals surface area contributed by atoms with Gasteiger partial charge >= 0.3 is 0 Å². The summed E-state index contributed by atoms with van der Waals surface area (Å²) in [4.78, 5) is 29.4. The van der Waals surface area contributed by atoms with Crippen LogP contribution >= 0.6 is 11.3 Å². The van der Waals surface area contributed by atoms with E-state index in [1.807, 2.05) is 22.2 Å². The molecule has 0 saturated heterocycles. The number of amides is 1. The largest absolute Gasteiger partial charge is 0.345 e. The number of benzene rings is 1. The fourth-order valence-corrected chi connectivity index (χ4v) is 3.12. The van der Waals surface area contributed by atoms with Gasteiger partial charge < -0.3 is 5.32 Å². The van der Waals surface area contributed by atoms with Crippen molar-refractivity contribution in [3.8, 4) is 0 Å². The summed E-state index contributed by atoms with van der Waals surface area (Å²) in [5.41, 5.74) is 0.645. The lowest BCUT2D eigenvalue weighted by molar-refractivity contribution is 0.0946. The number of rotatable bonds is 3. The van der Waals surface area contributed by atoms with E-state index in [0.717, 1.165) is 10.7 Å². The third-order valence-electron chi connectivity index (χ3n) is 3.48. The van der Waals surface area contributed by atoms with Gasteiger partial charge in [0.25, 0.3) is 11.5 Å². The van der Waals surface area contributed by atoms with Gasteiger partial charge in [0.1, 0.15) is 0 Å². The van der Waals surface area contributed by atoms with Crippen LogP contribution in [0, 0.1) is 0 Å². The Hall–Kier alpha value is -3.00. The molecule has 0 fully saturated rings. The Balaban J connectivity index is 1.61. The highest BCUT2D eigenvalue weighted by molar-refractivity contribution is 7.15. The molecule has 0 atom stereocenters. The second kappa shape index (κ2) is 5.33. The lowest BCUT2D eigenvalue weighted by Gasteiger charge is -2.05. The lowest BCUT2D eigenvalue weighted by atomic mass is 10.1. The smallest absolute Gasteiger partial charge is 0.272 e. The van der Waals surface area contributed by atoms with E-state index in [2.05, 4.69) is 20.5 Å². The first-order valence-corrected chi connectivity index (χ1v) is 7.77. The maximum Gasteiger partial charge on any atom is 0.272 e. The van der Waals surface area contributed by atoms with Crippen LogP contribution in [0.2, 0.25) is 0 Å². The molecule has 0 saturated carbocycles. The minimum atomic E-state index is -0.353. The number of carbonyl (C=O) groups excluding carboxylic acids is 1. The quantitative estimate of drug-likeness (QED) is 0.598. The molecular formula is C15H11N5O2S. The van der Waals surface area contributed by atoms with Crippen molar-refractivity contribution in [1.82, 2.24) is 24.9 Å². The molecule has 1 aromatic carbocycles. The standard InChI is InChI=1S/C15H11N5O2S/c21-13-11-4-2-1-3-10(11)12(18-19-13)14(22)16-7-9-8-20-5-6-23-15(20)17-9/h1-6,8H,7H2,(H,16,22)(H,19,21). The van der Waals surface area contributed by atoms with Gasteiger partial charge in [-0.25, -0.2) is 10.1 Å². The van der Waals surface area contributed by atoms with Crippen LogP contribution < -0.4 is 10.9 Å². The number of thiazole rings is 1. The number of hydrogen-bond acceptors (Lipinski definition) is 5. The summed E-state index contributed by atoms with van der Waals surface area (Å²) >= 11 is 1.53. The van der Waals surface area contributed by atoms with E-state index in [-0.39, 0.29) is 17.2 Å². The van der Waals surface area contributed by atoms with Gasteiger partial charge in [-0.2, -0.15) is 5.10 Å². The number of fused-ring (bicyclic) bond motifs is 2. The molecular weight excluding hydrogens is 314 g/mol. The molecule has 0 unspecified atom stereocenters. The van der Waals surface area contributed by atoms with Crippen LogP contribution in [0.4, 0.5) is 0 Å². The SMILES string of the molecule is O=C(NCc1cn2ccsc2n1)c1n[nH]c(=O)c2ccccc12. The van der Waals surface area contributed by atoms with Crippen LogP contribution in [0.3, 0.4) is 0 Å². The van der Waals surface area contributed by atoms with Crippen LogP contribution in [0.1, 0.15) is 16.2 Å². The summed E-state index contributed by atoms with van der Waals surface area (Å²) < 4.78 is 1.90. The highest BCUT2D eigenvalue weighted by Crippen LogP contribution is 2.13. The Morgan fingerprint density at radius 1 is 1.30 bits per heavy atom. The number of aromatic amines is 1. The van der Waals surface area contributed by atoms with Gasteiger partial charge in [-0.05, 0) is 6.07 Å². The maximum absolute atomic E-state index is 12.4. The Kier molecular flexibility index (Phi) is 3.16. The first kappa shape index (κ1) is 13.6. The highest BCUT2D eigenvalue weighted by Gasteiger charge is 2.14. The molecule has 7 nitrogen and oxygen atoms in total. The van der Waals surface area contributed by atoms with Crippen molar-refractivity contribution in [2.75, 3.05) is 0 Å². The average molecular weight is 325 g/mol. The Morgan fingerprint density at radius 2 is 2.13 bits per heavy atom. The summed E-state index contributed by atoms with van der Waals surface area (Å²) in [7, 11) is 0. The molecule has 4 rings (SSSR count). The Morgan fingerprint density at radius 3 is 2.96 bits per heavy atom. The van der Waals surface area contributed by atoms with Gasteiger partial charge in [0.15, 0.2) is 10.7 Å². The van der Waals surface area contributed by atoms with Crippen molar-refractivity contribution in [3.63, 3.8) is 0 Å². The Labute approximate surface area is 133 Å². The zero-order chi connectivity index (χ0) is 15.8. The van der Waals surface area contributed by atoms with E-state index in [1.165, 1.54) is 11.3 Å². The summed E-state index contributed by atoms with van der Waals surface area (Å²) in [6, 6.07) is 6.88. The van der Waals surface area contributed by atoms with Crippen LogP contribution in [0.25, 0.3) is 15.7 Å². The summed E-state index contributed by atoms with van der Waals surface area (Å²) in [5.74, 6) is -0.353. The van der Waals surface area contributed by atoms with E-state index in [4.69, 9.17) is 0 Å². The fraction of sp³-hybridized carbons (Fsp3) is 0.0667. The monoisotopic (exact) mass is 325 g/mol. The molecule has 0 aliphatic heterocycles. The summed E-state index contributed by atoms with van der Waals surface area (Å²) in [6.45, 7) is 0.294. The van der Waals surface area contributed by atoms with Crippen LogP contribution in [-0.2, 0) is 6.54 Å². The van der Waals surface area contributed by atoms with Gasteiger partial charge in [0.05, 0.1) is 17.6 Å². The van der Waals surface area contributed by atoms with E-state index in [1.54, 1.807) is 24.3 Å². The Bertz CT molecular complexity index is 1050. The zero-order valence-electron chi connectivity index (χ0n) is 11.8. The second-order valence-electron chi connectivity index (χ2n) is 4.95. The molecule has 2 N–H and O–H groups in total. The van der Waals surface area contributed by atoms with Crippen molar-refractivity contribution in [2.45, 2.75) is 6.54 Å². The molecule has 23 heavy (non-hydrogen) atoms. The third kappa shape index (κ3) is 2.38. The molecule has 8 heteroatoms. The lowest BCUT2D eigenvalue weighted by Crippen LogP contribution is -2.26. The average Bonchev–Trinajstić information content (AvgIpc) is 3.14. The van der Waals surface area contributed by atoms with E-state index < -0.39 is 0 Å². The number of carbonyl (C=O) groups is 1. The molecule has 0 radical (unpaired) electrons. The van der Waals surface area contributed by atoms with Crippen LogP contribution in [0.15, 0.2) is 46.8 Å². The van der Waals surface area contributed by atoms with Gasteiger partial charge in [0.2, 0.25) is 0 Å². The van der Waals surface area contributed by atoms with Gasteiger partial charge in [-0.3, -0.25) is 14.0 Å². The van der Waals surface area contributed by atoms with Crippen molar-refractivity contribution in [2.24, 2.45) is 0 Å². The van der Waals surface area contributed by atoms with Crippen molar-refractivity contribution in [3.05, 3.63) is 63.8 Å². The van der Waals surface area contributed by atoms with E-state index in [0.29, 0.717) is 17.3 Å². The highest BCUT2D eigenvalue weighted by atomic mass is 32.1. The maximum atomic E-state index is 12.4. The second-order valence-corrected chi connectivity index (χ2v) is 5.83. The first-order valence-electron chi connectivity index (χ1n) is 6.89. The zero-order valence-corrected chi connectivity index (χ0v) is 12.6. The normalized spacial score (nSPS) is 11.1. The van der Waals surface area contributed by atoms with E-state index >= 15 is 0 Å². The molecule has 114 valence electrons. The number of aromatic nitrogens is 4. The third-order valence-corrected chi connectivity index (χ3v) is 4.26. The number of nitrogens with zero attached hydrogens (tertiary/aromatic N) is 3. The fourth-order valence-electron chi connectivity index (χ4n) is 2.40. The minimum Gasteiger partial charge on any atom is -0.345 e. The summed E-state index contributed by atoms with van der Waals surface area (Å²) in [5, 5.41) is 11.9.